The van der Waals surface area contributed by atoms with E-state index in [0.717, 1.165) is 12.0 Å². The van der Waals surface area contributed by atoms with E-state index in [2.05, 4.69) is 18.8 Å². The number of hydrogen-bond acceptors (Lipinski definition) is 8. The van der Waals surface area contributed by atoms with E-state index in [1.807, 2.05) is 30.3 Å². The van der Waals surface area contributed by atoms with E-state index in [0.29, 0.717) is 52.8 Å². The largest absolute Gasteiger partial charge is 0.465 e. The molecule has 1 saturated heterocycles. The van der Waals surface area contributed by atoms with Gasteiger partial charge in [0.15, 0.2) is 0 Å². The van der Waals surface area contributed by atoms with Crippen LogP contribution in [0.5, 0.6) is 0 Å². The number of benzene rings is 3. The summed E-state index contributed by atoms with van der Waals surface area (Å²) in [6.45, 7) is 4.31. The monoisotopic (exact) mass is 569 g/mol. The number of esters is 1. The number of imide groups is 1. The van der Waals surface area contributed by atoms with Gasteiger partial charge in [0, 0.05) is 5.56 Å². The van der Waals surface area contributed by atoms with E-state index >= 15 is 0 Å². The predicted octanol–water partition coefficient (Wildman–Crippen LogP) is 5.64. The van der Waals surface area contributed by atoms with Crippen LogP contribution in [-0.4, -0.2) is 57.7 Å². The number of aliphatic hydroxyl groups is 1. The Bertz CT molecular complexity index is 1610. The molecule has 1 aromatic heterocycles. The number of para-hydroxylation sites is 2. The second kappa shape index (κ2) is 12.7. The predicted molar refractivity (Wildman–Crippen MR) is 158 cm³/mol. The fourth-order valence-corrected chi connectivity index (χ4v) is 5.58. The lowest BCUT2D eigenvalue weighted by Crippen LogP contribution is -2.45. The van der Waals surface area contributed by atoms with Crippen LogP contribution in [0, 0.1) is 11.8 Å². The first-order chi connectivity index (χ1) is 20.3. The minimum atomic E-state index is -1.25. The summed E-state index contributed by atoms with van der Waals surface area (Å²) in [5.74, 6) is -1.48. The fourth-order valence-electron chi connectivity index (χ4n) is 5.58. The Hall–Kier alpha value is -4.37. The lowest BCUT2D eigenvalue weighted by Gasteiger charge is -2.28. The van der Waals surface area contributed by atoms with Gasteiger partial charge in [-0.25, -0.2) is 24.5 Å². The summed E-state index contributed by atoms with van der Waals surface area (Å²) in [7, 11) is 1.31. The average Bonchev–Trinajstić information content (AvgIpc) is 3.36. The second-order valence-corrected chi connectivity index (χ2v) is 11.1. The molecule has 1 aliphatic rings. The molecule has 1 fully saturated rings. The topological polar surface area (TPSA) is 119 Å². The van der Waals surface area contributed by atoms with Crippen LogP contribution in [0.25, 0.3) is 22.1 Å². The molecule has 3 aromatic carbocycles. The molecule has 1 N–H and O–H groups in total. The van der Waals surface area contributed by atoms with E-state index < -0.39 is 36.0 Å². The molecule has 0 aliphatic carbocycles. The van der Waals surface area contributed by atoms with Crippen molar-refractivity contribution in [3.63, 3.8) is 0 Å². The Morgan fingerprint density at radius 2 is 1.67 bits per heavy atom. The van der Waals surface area contributed by atoms with Crippen molar-refractivity contribution >= 4 is 40.0 Å². The van der Waals surface area contributed by atoms with Crippen LogP contribution in [0.2, 0.25) is 0 Å². The zero-order valence-corrected chi connectivity index (χ0v) is 24.0. The van der Waals surface area contributed by atoms with Crippen molar-refractivity contribution in [3.05, 3.63) is 83.4 Å². The summed E-state index contributed by atoms with van der Waals surface area (Å²) in [4.78, 5) is 50.0. The molecule has 2 amide bonds. The number of carbonyl (C=O) groups is 3. The number of fused-ring (bicyclic) bond motifs is 2. The smallest absolute Gasteiger partial charge is 0.416 e. The van der Waals surface area contributed by atoms with Crippen LogP contribution in [-0.2, 0) is 20.7 Å². The summed E-state index contributed by atoms with van der Waals surface area (Å²) >= 11 is 0. The van der Waals surface area contributed by atoms with Crippen LogP contribution in [0.3, 0.4) is 0 Å². The van der Waals surface area contributed by atoms with Gasteiger partial charge >= 0.3 is 12.1 Å². The molecule has 0 unspecified atom stereocenters. The van der Waals surface area contributed by atoms with E-state index in [1.165, 1.54) is 12.0 Å². The van der Waals surface area contributed by atoms with Crippen molar-refractivity contribution in [1.29, 1.82) is 0 Å². The third kappa shape index (κ3) is 5.97. The van der Waals surface area contributed by atoms with E-state index in [1.54, 1.807) is 36.4 Å². The van der Waals surface area contributed by atoms with Gasteiger partial charge in [0.25, 0.3) is 0 Å². The second-order valence-electron chi connectivity index (χ2n) is 11.1. The van der Waals surface area contributed by atoms with Crippen molar-refractivity contribution in [2.45, 2.75) is 51.7 Å². The van der Waals surface area contributed by atoms with Crippen molar-refractivity contribution < 1.29 is 29.0 Å². The molecular formula is C33H35N3O6. The quantitative estimate of drug-likeness (QED) is 0.193. The summed E-state index contributed by atoms with van der Waals surface area (Å²) in [6.07, 6.45) is 0.450. The Morgan fingerprint density at radius 3 is 2.38 bits per heavy atom. The van der Waals surface area contributed by atoms with Gasteiger partial charge in [0.05, 0.1) is 47.3 Å². The van der Waals surface area contributed by atoms with E-state index in [4.69, 9.17) is 14.5 Å². The normalized spacial score (nSPS) is 16.5. The lowest BCUT2D eigenvalue weighted by molar-refractivity contribution is -0.137. The minimum absolute atomic E-state index is 0.0997. The van der Waals surface area contributed by atoms with Gasteiger partial charge in [0.2, 0.25) is 5.91 Å². The Balaban J connectivity index is 1.52. The molecule has 0 radical (unpaired) electrons. The van der Waals surface area contributed by atoms with Gasteiger partial charge in [-0.2, -0.15) is 0 Å². The first-order valence-corrected chi connectivity index (χ1v) is 14.3. The van der Waals surface area contributed by atoms with Crippen molar-refractivity contribution in [2.24, 2.45) is 11.8 Å². The molecule has 3 atom stereocenters. The number of hydrogen-bond donors (Lipinski definition) is 1. The molecule has 0 spiro atoms. The maximum absolute atomic E-state index is 14.1. The summed E-state index contributed by atoms with van der Waals surface area (Å²) in [6, 6.07) is 19.4. The van der Waals surface area contributed by atoms with Crippen LogP contribution in [0.4, 0.5) is 4.79 Å². The molecule has 218 valence electrons. The third-order valence-corrected chi connectivity index (χ3v) is 7.76. The number of cyclic esters (lactones) is 1. The molecule has 0 bridgehead atoms. The standard InChI is InChI=1S/C33H35N3O6/c1-20(2)10-7-15-25(31(38)36-22(19-42-33(36)40)18-21-11-5-4-6-12-21)30(37)23-13-8-16-26-28(23)34-27-17-9-14-24(29(27)35-26)32(39)41-3/h4-6,8-9,11-14,16-17,20,22,25,30,37H,7,10,15,18-19H2,1-3H3/t22-,25+,30+/m0/s1. The molecule has 4 aromatic rings. The van der Waals surface area contributed by atoms with Gasteiger partial charge in [-0.1, -0.05) is 75.2 Å². The number of ether oxygens (including phenoxy) is 2. The maximum atomic E-state index is 14.1. The minimum Gasteiger partial charge on any atom is -0.465 e. The van der Waals surface area contributed by atoms with Crippen LogP contribution < -0.4 is 0 Å². The number of carbonyl (C=O) groups excluding carboxylic acids is 3. The van der Waals surface area contributed by atoms with Crippen molar-refractivity contribution in [3.8, 4) is 0 Å². The first-order valence-electron chi connectivity index (χ1n) is 14.3. The first kappa shape index (κ1) is 29.1. The fraction of sp³-hybridized carbons (Fsp3) is 0.364. The van der Waals surface area contributed by atoms with Crippen molar-refractivity contribution in [1.82, 2.24) is 14.9 Å². The van der Waals surface area contributed by atoms with Crippen molar-refractivity contribution in [2.75, 3.05) is 13.7 Å². The average molecular weight is 570 g/mol. The highest BCUT2D eigenvalue weighted by molar-refractivity contribution is 6.03. The Kier molecular flexibility index (Phi) is 8.77. The number of nitrogens with zero attached hydrogens (tertiary/aromatic N) is 3. The van der Waals surface area contributed by atoms with Crippen LogP contribution >= 0.6 is 0 Å². The highest BCUT2D eigenvalue weighted by Crippen LogP contribution is 2.35. The number of amides is 2. The molecule has 5 rings (SSSR count). The van der Waals surface area contributed by atoms with Crippen LogP contribution in [0.1, 0.15) is 60.7 Å². The number of rotatable bonds is 10. The summed E-state index contributed by atoms with van der Waals surface area (Å²) in [5, 5.41) is 11.8. The Labute approximate surface area is 244 Å². The highest BCUT2D eigenvalue weighted by Gasteiger charge is 2.43. The molecule has 9 heteroatoms. The highest BCUT2D eigenvalue weighted by atomic mass is 16.6. The molecule has 42 heavy (non-hydrogen) atoms. The molecule has 1 aliphatic heterocycles. The maximum Gasteiger partial charge on any atom is 0.416 e. The summed E-state index contributed by atoms with van der Waals surface area (Å²) in [5.41, 5.74) is 3.43. The van der Waals surface area contributed by atoms with E-state index in [-0.39, 0.29) is 12.2 Å². The SMILES string of the molecule is COC(=O)c1cccc2nc3c([C@@H](O)[C@@H](CCCC(C)C)C(=O)N4C(=O)OC[C@@H]4Cc4ccccc4)cccc3nc12. The number of aromatic nitrogens is 2. The third-order valence-electron chi connectivity index (χ3n) is 7.76. The molecule has 2 heterocycles. The molecular weight excluding hydrogens is 534 g/mol. The van der Waals surface area contributed by atoms with E-state index in [9.17, 15) is 19.5 Å². The Morgan fingerprint density at radius 1 is 0.976 bits per heavy atom. The van der Waals surface area contributed by atoms with Gasteiger partial charge < -0.3 is 14.6 Å². The molecule has 0 saturated carbocycles. The lowest BCUT2D eigenvalue weighted by atomic mass is 9.87. The van der Waals surface area contributed by atoms with Gasteiger partial charge in [0.1, 0.15) is 12.1 Å². The molecule has 9 nitrogen and oxygen atoms in total. The number of aliphatic hydroxyl groups excluding tert-OH is 1. The van der Waals surface area contributed by atoms with Gasteiger partial charge in [-0.3, -0.25) is 4.79 Å². The zero-order valence-electron chi connectivity index (χ0n) is 24.0. The van der Waals surface area contributed by atoms with Gasteiger partial charge in [-0.05, 0) is 42.5 Å². The summed E-state index contributed by atoms with van der Waals surface area (Å²) < 4.78 is 10.2. The van der Waals surface area contributed by atoms with Crippen LogP contribution in [0.15, 0.2) is 66.7 Å². The zero-order chi connectivity index (χ0) is 29.8. The van der Waals surface area contributed by atoms with Gasteiger partial charge in [-0.15, -0.1) is 0 Å². The number of methoxy groups -OCH3 is 1.